The number of carbonyl (C=O) groups excluding carboxylic acids is 3. The number of rotatable bonds is 9. The maximum absolute atomic E-state index is 12.8. The van der Waals surface area contributed by atoms with Gasteiger partial charge in [0.25, 0.3) is 18.3 Å². The number of ether oxygens (including phenoxy) is 1. The third kappa shape index (κ3) is 5.05. The maximum atomic E-state index is 12.8. The van der Waals surface area contributed by atoms with Gasteiger partial charge in [0.1, 0.15) is 17.4 Å². The quantitative estimate of drug-likeness (QED) is 0.301. The van der Waals surface area contributed by atoms with Gasteiger partial charge in [-0.25, -0.2) is 14.8 Å². The molecule has 0 aromatic carbocycles. The molecule has 1 aromatic heterocycles. The zero-order valence-corrected chi connectivity index (χ0v) is 20.0. The summed E-state index contributed by atoms with van der Waals surface area (Å²) < 4.78 is 5.22. The molecule has 7 rings (SSSR count). The number of aromatic nitrogens is 2. The third-order valence-electron chi connectivity index (χ3n) is 8.38. The first kappa shape index (κ1) is 24.6. The SMILES string of the molecule is O=COC(NC(=O)c1cnc(C(=O)NC(C(=O)O)[C@H]2CN3CCC2CC3)cn1)[C@H]1CN2CCC1CC2. The van der Waals surface area contributed by atoms with E-state index in [1.54, 1.807) is 0 Å². The largest absolute Gasteiger partial charge is 0.480 e. The first-order valence-electron chi connectivity index (χ1n) is 12.6. The smallest absolute Gasteiger partial charge is 0.326 e. The van der Waals surface area contributed by atoms with Crippen molar-refractivity contribution in [3.05, 3.63) is 23.8 Å². The average Bonchev–Trinajstić information content (AvgIpc) is 2.92. The number of hydrogen-bond acceptors (Lipinski definition) is 9. The minimum absolute atomic E-state index is 0.000934. The van der Waals surface area contributed by atoms with Crippen molar-refractivity contribution in [2.24, 2.45) is 23.7 Å². The Bertz CT molecular complexity index is 989. The van der Waals surface area contributed by atoms with Gasteiger partial charge in [0.05, 0.1) is 12.4 Å². The molecular formula is C24H32N6O6. The van der Waals surface area contributed by atoms with Crippen LogP contribution in [-0.2, 0) is 14.3 Å². The molecule has 4 atom stereocenters. The molecule has 0 radical (unpaired) electrons. The highest BCUT2D eigenvalue weighted by Crippen LogP contribution is 2.35. The molecule has 3 N–H and O–H groups in total. The minimum Gasteiger partial charge on any atom is -0.480 e. The van der Waals surface area contributed by atoms with Crippen molar-refractivity contribution in [1.82, 2.24) is 30.4 Å². The highest BCUT2D eigenvalue weighted by atomic mass is 16.5. The van der Waals surface area contributed by atoms with E-state index in [2.05, 4.69) is 30.4 Å². The number of nitrogens with zero attached hydrogens (tertiary/aromatic N) is 4. The maximum Gasteiger partial charge on any atom is 0.326 e. The van der Waals surface area contributed by atoms with E-state index in [9.17, 15) is 24.3 Å². The van der Waals surface area contributed by atoms with Crippen LogP contribution in [0.15, 0.2) is 12.4 Å². The molecule has 0 aliphatic carbocycles. The molecule has 194 valence electrons. The van der Waals surface area contributed by atoms with Gasteiger partial charge in [-0.2, -0.15) is 0 Å². The second kappa shape index (κ2) is 10.5. The van der Waals surface area contributed by atoms with Gasteiger partial charge in [0.15, 0.2) is 6.23 Å². The van der Waals surface area contributed by atoms with Crippen molar-refractivity contribution in [3.8, 4) is 0 Å². The Morgan fingerprint density at radius 1 is 0.889 bits per heavy atom. The molecule has 6 aliphatic rings. The summed E-state index contributed by atoms with van der Waals surface area (Å²) in [5.41, 5.74) is -0.100. The van der Waals surface area contributed by atoms with Gasteiger partial charge >= 0.3 is 5.97 Å². The Hall–Kier alpha value is -3.12. The van der Waals surface area contributed by atoms with Crippen LogP contribution in [0.5, 0.6) is 0 Å². The lowest BCUT2D eigenvalue weighted by atomic mass is 9.75. The van der Waals surface area contributed by atoms with Crippen LogP contribution in [0.3, 0.4) is 0 Å². The van der Waals surface area contributed by atoms with Crippen LogP contribution < -0.4 is 10.6 Å². The van der Waals surface area contributed by atoms with Crippen LogP contribution in [-0.4, -0.2) is 101 Å². The van der Waals surface area contributed by atoms with E-state index in [0.29, 0.717) is 18.9 Å². The van der Waals surface area contributed by atoms with Crippen molar-refractivity contribution in [2.75, 3.05) is 39.3 Å². The van der Waals surface area contributed by atoms with Crippen LogP contribution in [0, 0.1) is 23.7 Å². The van der Waals surface area contributed by atoms with Gasteiger partial charge < -0.3 is 30.3 Å². The lowest BCUT2D eigenvalue weighted by Crippen LogP contribution is -2.57. The van der Waals surface area contributed by atoms with Crippen molar-refractivity contribution in [2.45, 2.75) is 38.0 Å². The van der Waals surface area contributed by atoms with Crippen molar-refractivity contribution < 1.29 is 29.0 Å². The summed E-state index contributed by atoms with van der Waals surface area (Å²) >= 11 is 0. The number of aliphatic carboxylic acids is 1. The standard InChI is InChI=1S/C24H32N6O6/c31-13-36-23(17-12-30-7-3-15(17)4-8-30)28-22(33)19-10-25-18(9-26-19)21(32)27-20(24(34)35)16-11-29-5-1-14(16)2-6-29/h9-10,13-17,20,23H,1-8,11-12H2,(H,27,32)(H,28,33)(H,34,35)/t16-,17-,20?,23?/m0/s1. The van der Waals surface area contributed by atoms with E-state index in [4.69, 9.17) is 4.74 Å². The summed E-state index contributed by atoms with van der Waals surface area (Å²) in [6, 6.07) is -1.02. The lowest BCUT2D eigenvalue weighted by Gasteiger charge is -2.46. The Balaban J connectivity index is 1.21. The van der Waals surface area contributed by atoms with Gasteiger partial charge in [0, 0.05) is 24.9 Å². The van der Waals surface area contributed by atoms with Crippen LogP contribution >= 0.6 is 0 Å². The topological polar surface area (TPSA) is 154 Å². The Morgan fingerprint density at radius 2 is 1.39 bits per heavy atom. The molecule has 4 bridgehead atoms. The summed E-state index contributed by atoms with van der Waals surface area (Å²) in [7, 11) is 0. The van der Waals surface area contributed by atoms with E-state index in [1.807, 2.05) is 0 Å². The second-order valence-corrected chi connectivity index (χ2v) is 10.3. The van der Waals surface area contributed by atoms with Gasteiger partial charge in [-0.05, 0) is 63.7 Å². The van der Waals surface area contributed by atoms with Crippen LogP contribution in [0.2, 0.25) is 0 Å². The first-order chi connectivity index (χ1) is 17.4. The Morgan fingerprint density at radius 3 is 1.81 bits per heavy atom. The number of piperidine rings is 6. The molecule has 0 spiro atoms. The van der Waals surface area contributed by atoms with Gasteiger partial charge in [-0.3, -0.25) is 14.4 Å². The number of amides is 2. The van der Waals surface area contributed by atoms with Crippen molar-refractivity contribution in [1.29, 1.82) is 0 Å². The number of carboxylic acids is 1. The predicted octanol–water partition coefficient (Wildman–Crippen LogP) is -0.428. The van der Waals surface area contributed by atoms with Crippen LogP contribution in [0.25, 0.3) is 0 Å². The third-order valence-corrected chi connectivity index (χ3v) is 8.38. The molecule has 12 heteroatoms. The summed E-state index contributed by atoms with van der Waals surface area (Å²) in [5, 5.41) is 15.1. The molecule has 6 saturated heterocycles. The van der Waals surface area contributed by atoms with Crippen LogP contribution in [0.1, 0.15) is 46.7 Å². The number of fused-ring (bicyclic) bond motifs is 6. The molecule has 0 saturated carbocycles. The lowest BCUT2D eigenvalue weighted by molar-refractivity contribution is -0.143. The number of carbonyl (C=O) groups is 4. The van der Waals surface area contributed by atoms with Crippen LogP contribution in [0.4, 0.5) is 0 Å². The van der Waals surface area contributed by atoms with Gasteiger partial charge in [-0.15, -0.1) is 0 Å². The second-order valence-electron chi connectivity index (χ2n) is 10.3. The van der Waals surface area contributed by atoms with E-state index >= 15 is 0 Å². The summed E-state index contributed by atoms with van der Waals surface area (Å²) in [6.45, 7) is 5.70. The summed E-state index contributed by atoms with van der Waals surface area (Å²) in [4.78, 5) is 61.3. The van der Waals surface area contributed by atoms with E-state index in [0.717, 1.165) is 64.6 Å². The Labute approximate surface area is 208 Å². The highest BCUT2D eigenvalue weighted by molar-refractivity contribution is 5.96. The predicted molar refractivity (Wildman–Crippen MR) is 125 cm³/mol. The minimum atomic E-state index is -1.07. The molecule has 36 heavy (non-hydrogen) atoms. The van der Waals surface area contributed by atoms with Gasteiger partial charge in [0.2, 0.25) is 0 Å². The molecule has 2 unspecified atom stereocenters. The molecule has 2 amide bonds. The average molecular weight is 501 g/mol. The molecule has 1 aromatic rings. The number of carboxylic acid groups (broad SMARTS) is 1. The molecule has 7 heterocycles. The monoisotopic (exact) mass is 500 g/mol. The summed E-state index contributed by atoms with van der Waals surface area (Å²) in [6.07, 6.45) is 5.42. The zero-order chi connectivity index (χ0) is 25.2. The van der Waals surface area contributed by atoms with Gasteiger partial charge in [-0.1, -0.05) is 0 Å². The normalized spacial score (nSPS) is 32.2. The van der Waals surface area contributed by atoms with E-state index < -0.39 is 30.1 Å². The molecule has 12 nitrogen and oxygen atoms in total. The highest BCUT2D eigenvalue weighted by Gasteiger charge is 2.43. The fourth-order valence-corrected chi connectivity index (χ4v) is 6.38. The van der Waals surface area contributed by atoms with E-state index in [-0.39, 0.29) is 29.1 Å². The zero-order valence-electron chi connectivity index (χ0n) is 20.0. The molecule has 6 aliphatic heterocycles. The Kier molecular flexibility index (Phi) is 7.15. The fourth-order valence-electron chi connectivity index (χ4n) is 6.38. The fraction of sp³-hybridized carbons (Fsp3) is 0.667. The number of hydrogen-bond donors (Lipinski definition) is 3. The van der Waals surface area contributed by atoms with Crippen molar-refractivity contribution in [3.63, 3.8) is 0 Å². The van der Waals surface area contributed by atoms with E-state index in [1.165, 1.54) is 6.20 Å². The molecular weight excluding hydrogens is 468 g/mol. The van der Waals surface area contributed by atoms with Crippen molar-refractivity contribution >= 4 is 24.3 Å². The molecule has 6 fully saturated rings. The first-order valence-corrected chi connectivity index (χ1v) is 12.6. The summed E-state index contributed by atoms with van der Waals surface area (Å²) in [5.74, 6) is -1.80. The number of nitrogens with one attached hydrogen (secondary N) is 2.